The van der Waals surface area contributed by atoms with E-state index in [0.29, 0.717) is 19.6 Å². The number of amides is 1. The van der Waals surface area contributed by atoms with Gasteiger partial charge in [-0.15, -0.1) is 0 Å². The third-order valence-electron chi connectivity index (χ3n) is 2.87. The van der Waals surface area contributed by atoms with E-state index in [1.807, 2.05) is 19.1 Å². The van der Waals surface area contributed by atoms with Gasteiger partial charge in [-0.3, -0.25) is 14.5 Å². The van der Waals surface area contributed by atoms with E-state index >= 15 is 0 Å². The average molecular weight is 252 g/mol. The molecule has 100 valence electrons. The number of aliphatic carboxylic acids is 1. The van der Waals surface area contributed by atoms with Crippen molar-refractivity contribution >= 4 is 11.9 Å². The van der Waals surface area contributed by atoms with Crippen LogP contribution in [0.1, 0.15) is 13.3 Å². The fourth-order valence-corrected chi connectivity index (χ4v) is 1.80. The van der Waals surface area contributed by atoms with Gasteiger partial charge in [-0.2, -0.15) is 0 Å². The molecule has 18 heavy (non-hydrogen) atoms. The minimum Gasteiger partial charge on any atom is -0.481 e. The number of allylic oxidation sites excluding steroid dienone is 3. The Morgan fingerprint density at radius 2 is 1.83 bits per heavy atom. The summed E-state index contributed by atoms with van der Waals surface area (Å²) in [6, 6.07) is 0. The van der Waals surface area contributed by atoms with E-state index in [1.165, 1.54) is 0 Å². The van der Waals surface area contributed by atoms with Gasteiger partial charge in [0.15, 0.2) is 0 Å². The molecule has 1 saturated heterocycles. The zero-order valence-electron chi connectivity index (χ0n) is 10.7. The lowest BCUT2D eigenvalue weighted by Gasteiger charge is -2.33. The molecule has 1 aliphatic rings. The molecular weight excluding hydrogens is 232 g/mol. The quantitative estimate of drug-likeness (QED) is 0.579. The van der Waals surface area contributed by atoms with Crippen molar-refractivity contribution in [2.45, 2.75) is 13.3 Å². The summed E-state index contributed by atoms with van der Waals surface area (Å²) >= 11 is 0. The molecule has 1 heterocycles. The fourth-order valence-electron chi connectivity index (χ4n) is 1.80. The number of rotatable bonds is 5. The number of carboxylic acid groups (broad SMARTS) is 1. The molecule has 0 aromatic heterocycles. The molecule has 0 saturated carbocycles. The molecule has 0 radical (unpaired) electrons. The second kappa shape index (κ2) is 7.66. The molecule has 1 N–H and O–H groups in total. The molecule has 0 atom stereocenters. The topological polar surface area (TPSA) is 60.9 Å². The van der Waals surface area contributed by atoms with Gasteiger partial charge in [0.25, 0.3) is 0 Å². The Hall–Kier alpha value is -1.62. The summed E-state index contributed by atoms with van der Waals surface area (Å²) < 4.78 is 0. The highest BCUT2D eigenvalue weighted by molar-refractivity contribution is 5.87. The second-order valence-corrected chi connectivity index (χ2v) is 4.20. The molecule has 0 aromatic carbocycles. The van der Waals surface area contributed by atoms with Gasteiger partial charge in [-0.05, 0) is 6.92 Å². The van der Waals surface area contributed by atoms with Crippen LogP contribution in [-0.2, 0) is 9.59 Å². The normalized spacial score (nSPS) is 17.7. The standard InChI is InChI=1S/C13H20N2O3/c1-2-3-4-5-12(16)15-10-8-14(9-11-15)7-6-13(17)18/h2-5H,6-11H2,1H3,(H,17,18)/b3-2+,5-4+. The first-order valence-electron chi connectivity index (χ1n) is 6.16. The Balaban J connectivity index is 2.30. The predicted molar refractivity (Wildman–Crippen MR) is 69.2 cm³/mol. The van der Waals surface area contributed by atoms with Crippen molar-refractivity contribution in [2.24, 2.45) is 0 Å². The van der Waals surface area contributed by atoms with Crippen LogP contribution in [0.4, 0.5) is 0 Å². The van der Waals surface area contributed by atoms with E-state index in [-0.39, 0.29) is 12.3 Å². The minimum atomic E-state index is -0.775. The van der Waals surface area contributed by atoms with E-state index in [4.69, 9.17) is 5.11 Å². The fraction of sp³-hybridized carbons (Fsp3) is 0.538. The third kappa shape index (κ3) is 5.14. The van der Waals surface area contributed by atoms with E-state index in [0.717, 1.165) is 13.1 Å². The predicted octanol–water partition coefficient (Wildman–Crippen LogP) is 0.738. The van der Waals surface area contributed by atoms with Gasteiger partial charge in [0.05, 0.1) is 6.42 Å². The summed E-state index contributed by atoms with van der Waals surface area (Å²) in [4.78, 5) is 26.1. The molecule has 5 nitrogen and oxygen atoms in total. The van der Waals surface area contributed by atoms with Crippen LogP contribution in [0.15, 0.2) is 24.3 Å². The minimum absolute atomic E-state index is 0.0194. The van der Waals surface area contributed by atoms with Gasteiger partial charge in [0.2, 0.25) is 5.91 Å². The molecular formula is C13H20N2O3. The highest BCUT2D eigenvalue weighted by atomic mass is 16.4. The van der Waals surface area contributed by atoms with Gasteiger partial charge >= 0.3 is 5.97 Å². The number of carbonyl (C=O) groups excluding carboxylic acids is 1. The largest absolute Gasteiger partial charge is 0.481 e. The van der Waals surface area contributed by atoms with Crippen LogP contribution in [0.3, 0.4) is 0 Å². The van der Waals surface area contributed by atoms with Crippen LogP contribution in [-0.4, -0.2) is 59.5 Å². The van der Waals surface area contributed by atoms with E-state index in [9.17, 15) is 9.59 Å². The number of carboxylic acids is 1. The molecule has 0 aromatic rings. The summed E-state index contributed by atoms with van der Waals surface area (Å²) in [6.45, 7) is 5.28. The summed E-state index contributed by atoms with van der Waals surface area (Å²) in [7, 11) is 0. The van der Waals surface area contributed by atoms with Crippen LogP contribution in [0, 0.1) is 0 Å². The first-order chi connectivity index (χ1) is 8.63. The van der Waals surface area contributed by atoms with E-state index in [1.54, 1.807) is 17.1 Å². The average Bonchev–Trinajstić information content (AvgIpc) is 2.37. The lowest BCUT2D eigenvalue weighted by atomic mass is 10.2. The van der Waals surface area contributed by atoms with Crippen molar-refractivity contribution in [3.05, 3.63) is 24.3 Å². The second-order valence-electron chi connectivity index (χ2n) is 4.20. The first kappa shape index (κ1) is 14.4. The van der Waals surface area contributed by atoms with Crippen molar-refractivity contribution in [2.75, 3.05) is 32.7 Å². The lowest BCUT2D eigenvalue weighted by Crippen LogP contribution is -2.48. The number of hydrogen-bond donors (Lipinski definition) is 1. The highest BCUT2D eigenvalue weighted by Crippen LogP contribution is 2.03. The molecule has 1 fully saturated rings. The highest BCUT2D eigenvalue weighted by Gasteiger charge is 2.19. The molecule has 1 aliphatic heterocycles. The number of hydrogen-bond acceptors (Lipinski definition) is 3. The van der Waals surface area contributed by atoms with Crippen LogP contribution in [0.5, 0.6) is 0 Å². The summed E-state index contributed by atoms with van der Waals surface area (Å²) in [5, 5.41) is 8.60. The molecule has 0 unspecified atom stereocenters. The monoisotopic (exact) mass is 252 g/mol. The summed E-state index contributed by atoms with van der Waals surface area (Å²) in [5.41, 5.74) is 0. The van der Waals surface area contributed by atoms with E-state index < -0.39 is 5.97 Å². The van der Waals surface area contributed by atoms with Gasteiger partial charge in [-0.25, -0.2) is 0 Å². The molecule has 0 bridgehead atoms. The molecule has 5 heteroatoms. The zero-order chi connectivity index (χ0) is 13.4. The van der Waals surface area contributed by atoms with Gasteiger partial charge < -0.3 is 10.0 Å². The maximum Gasteiger partial charge on any atom is 0.304 e. The Labute approximate surface area is 107 Å². The molecule has 0 spiro atoms. The maximum absolute atomic E-state index is 11.7. The first-order valence-corrected chi connectivity index (χ1v) is 6.16. The van der Waals surface area contributed by atoms with Crippen LogP contribution in [0.25, 0.3) is 0 Å². The van der Waals surface area contributed by atoms with Crippen molar-refractivity contribution < 1.29 is 14.7 Å². The number of nitrogens with zero attached hydrogens (tertiary/aromatic N) is 2. The van der Waals surface area contributed by atoms with E-state index in [2.05, 4.69) is 4.90 Å². The smallest absolute Gasteiger partial charge is 0.304 e. The Bertz CT molecular complexity index is 342. The zero-order valence-corrected chi connectivity index (χ0v) is 10.7. The third-order valence-corrected chi connectivity index (χ3v) is 2.87. The Kier molecular flexibility index (Phi) is 6.14. The van der Waals surface area contributed by atoms with Crippen LogP contribution < -0.4 is 0 Å². The summed E-state index contributed by atoms with van der Waals surface area (Å²) in [5.74, 6) is -0.756. The number of carbonyl (C=O) groups is 2. The van der Waals surface area contributed by atoms with Gasteiger partial charge in [-0.1, -0.05) is 18.2 Å². The van der Waals surface area contributed by atoms with Crippen molar-refractivity contribution in [1.29, 1.82) is 0 Å². The lowest BCUT2D eigenvalue weighted by molar-refractivity contribution is -0.138. The van der Waals surface area contributed by atoms with Gasteiger partial charge in [0, 0.05) is 38.8 Å². The maximum atomic E-state index is 11.7. The SMILES string of the molecule is C/C=C/C=C/C(=O)N1CCN(CCC(=O)O)CC1. The summed E-state index contributed by atoms with van der Waals surface area (Å²) in [6.07, 6.45) is 7.15. The molecule has 1 amide bonds. The molecule has 0 aliphatic carbocycles. The Morgan fingerprint density at radius 1 is 1.17 bits per heavy atom. The van der Waals surface area contributed by atoms with Crippen LogP contribution >= 0.6 is 0 Å². The van der Waals surface area contributed by atoms with Crippen molar-refractivity contribution in [3.8, 4) is 0 Å². The van der Waals surface area contributed by atoms with Gasteiger partial charge in [0.1, 0.15) is 0 Å². The Morgan fingerprint density at radius 3 is 2.39 bits per heavy atom. The van der Waals surface area contributed by atoms with Crippen LogP contribution in [0.2, 0.25) is 0 Å². The van der Waals surface area contributed by atoms with Crippen molar-refractivity contribution in [1.82, 2.24) is 9.80 Å². The molecule has 1 rings (SSSR count). The van der Waals surface area contributed by atoms with Crippen molar-refractivity contribution in [3.63, 3.8) is 0 Å². The number of piperazine rings is 1.